The molecule has 1 aromatic carbocycles. The lowest BCUT2D eigenvalue weighted by molar-refractivity contribution is 0.0729. The molecule has 1 saturated carbocycles. The van der Waals surface area contributed by atoms with Gasteiger partial charge in [-0.2, -0.15) is 0 Å². The molecule has 2 aromatic rings. The number of hydrogen-bond donors (Lipinski definition) is 0. The lowest BCUT2D eigenvalue weighted by atomic mass is 10.2. The summed E-state index contributed by atoms with van der Waals surface area (Å²) in [4.78, 5) is 18.1. The molecule has 1 aromatic heterocycles. The Morgan fingerprint density at radius 2 is 2.05 bits per heavy atom. The number of aromatic nitrogens is 1. The van der Waals surface area contributed by atoms with Crippen LogP contribution in [0.5, 0.6) is 0 Å². The molecule has 0 aliphatic heterocycles. The number of halogens is 2. The summed E-state index contributed by atoms with van der Waals surface area (Å²) >= 11 is 5.94. The third-order valence-electron chi connectivity index (χ3n) is 3.48. The molecule has 3 rings (SSSR count). The van der Waals surface area contributed by atoms with Gasteiger partial charge in [0.15, 0.2) is 0 Å². The Morgan fingerprint density at radius 3 is 2.71 bits per heavy atom. The topological polar surface area (TPSA) is 33.2 Å². The normalized spacial score (nSPS) is 14.0. The van der Waals surface area contributed by atoms with E-state index in [0.717, 1.165) is 30.7 Å². The van der Waals surface area contributed by atoms with E-state index in [1.165, 1.54) is 0 Å². The van der Waals surface area contributed by atoms with Gasteiger partial charge in [-0.05, 0) is 24.5 Å². The van der Waals surface area contributed by atoms with Crippen molar-refractivity contribution in [2.24, 2.45) is 0 Å². The van der Waals surface area contributed by atoms with Crippen molar-refractivity contribution in [3.05, 3.63) is 64.7 Å². The van der Waals surface area contributed by atoms with Crippen LogP contribution in [0.1, 0.15) is 28.8 Å². The van der Waals surface area contributed by atoms with Crippen molar-refractivity contribution < 1.29 is 9.18 Å². The molecule has 0 radical (unpaired) electrons. The number of carbonyl (C=O) groups excluding carboxylic acids is 1. The second kappa shape index (κ2) is 5.82. The second-order valence-corrected chi connectivity index (χ2v) is 5.50. The molecular weight excluding hydrogens is 291 g/mol. The third kappa shape index (κ3) is 3.22. The smallest absolute Gasteiger partial charge is 0.257 e. The summed E-state index contributed by atoms with van der Waals surface area (Å²) in [5.74, 6) is -0.823. The van der Waals surface area contributed by atoms with Crippen LogP contribution >= 0.6 is 11.6 Å². The Hall–Kier alpha value is -1.94. The monoisotopic (exact) mass is 304 g/mol. The van der Waals surface area contributed by atoms with Crippen molar-refractivity contribution >= 4 is 17.5 Å². The maximum absolute atomic E-state index is 13.3. The van der Waals surface area contributed by atoms with Crippen molar-refractivity contribution in [2.75, 3.05) is 0 Å². The van der Waals surface area contributed by atoms with Crippen molar-refractivity contribution in [2.45, 2.75) is 25.4 Å². The highest BCUT2D eigenvalue weighted by atomic mass is 35.5. The highest BCUT2D eigenvalue weighted by Gasteiger charge is 2.34. The van der Waals surface area contributed by atoms with Crippen LogP contribution in [0.3, 0.4) is 0 Å². The molecule has 1 amide bonds. The molecule has 0 saturated heterocycles. The number of amides is 1. The predicted molar refractivity (Wildman–Crippen MR) is 78.5 cm³/mol. The van der Waals surface area contributed by atoms with Gasteiger partial charge in [-0.15, -0.1) is 0 Å². The van der Waals surface area contributed by atoms with Crippen LogP contribution in [-0.4, -0.2) is 21.8 Å². The summed E-state index contributed by atoms with van der Waals surface area (Å²) in [6.07, 6.45) is 2.95. The average molecular weight is 305 g/mol. The zero-order valence-corrected chi connectivity index (χ0v) is 12.1. The van der Waals surface area contributed by atoms with Crippen LogP contribution in [0.15, 0.2) is 42.6 Å². The summed E-state index contributed by atoms with van der Waals surface area (Å²) in [5, 5.41) is 0.0418. The van der Waals surface area contributed by atoms with E-state index in [4.69, 9.17) is 11.6 Å². The summed E-state index contributed by atoms with van der Waals surface area (Å²) in [6.45, 7) is 0.497. The van der Waals surface area contributed by atoms with Gasteiger partial charge in [0.05, 0.1) is 11.8 Å². The lowest BCUT2D eigenvalue weighted by Gasteiger charge is -2.23. The van der Waals surface area contributed by atoms with Gasteiger partial charge in [0, 0.05) is 12.6 Å². The van der Waals surface area contributed by atoms with Gasteiger partial charge >= 0.3 is 0 Å². The number of benzene rings is 1. The van der Waals surface area contributed by atoms with Gasteiger partial charge in [0.1, 0.15) is 11.0 Å². The van der Waals surface area contributed by atoms with Crippen molar-refractivity contribution in [3.63, 3.8) is 0 Å². The van der Waals surface area contributed by atoms with E-state index in [1.54, 1.807) is 4.90 Å². The van der Waals surface area contributed by atoms with Crippen LogP contribution < -0.4 is 0 Å². The summed E-state index contributed by atoms with van der Waals surface area (Å²) in [7, 11) is 0. The highest BCUT2D eigenvalue weighted by molar-refractivity contribution is 6.32. The molecule has 0 bridgehead atoms. The Balaban J connectivity index is 1.87. The van der Waals surface area contributed by atoms with E-state index < -0.39 is 5.82 Å². The molecule has 0 N–H and O–H groups in total. The van der Waals surface area contributed by atoms with Crippen LogP contribution in [0.4, 0.5) is 4.39 Å². The van der Waals surface area contributed by atoms with Crippen LogP contribution in [-0.2, 0) is 6.54 Å². The molecule has 1 fully saturated rings. The number of rotatable bonds is 4. The Kier molecular flexibility index (Phi) is 3.88. The first-order chi connectivity index (χ1) is 10.1. The van der Waals surface area contributed by atoms with E-state index >= 15 is 0 Å². The second-order valence-electron chi connectivity index (χ2n) is 5.14. The van der Waals surface area contributed by atoms with Gasteiger partial charge in [0.25, 0.3) is 5.91 Å². The maximum Gasteiger partial charge on any atom is 0.257 e. The average Bonchev–Trinajstić information content (AvgIpc) is 3.32. The van der Waals surface area contributed by atoms with Gasteiger partial charge in [-0.25, -0.2) is 9.37 Å². The van der Waals surface area contributed by atoms with E-state index in [-0.39, 0.29) is 22.7 Å². The van der Waals surface area contributed by atoms with E-state index in [1.807, 2.05) is 30.3 Å². The van der Waals surface area contributed by atoms with E-state index in [2.05, 4.69) is 4.98 Å². The zero-order chi connectivity index (χ0) is 14.8. The predicted octanol–water partition coefficient (Wildman–Crippen LogP) is 3.68. The minimum Gasteiger partial charge on any atom is -0.331 e. The molecule has 0 spiro atoms. The van der Waals surface area contributed by atoms with Crippen molar-refractivity contribution in [1.29, 1.82) is 0 Å². The molecule has 0 atom stereocenters. The van der Waals surface area contributed by atoms with Crippen LogP contribution in [0, 0.1) is 5.82 Å². The molecule has 5 heteroatoms. The molecule has 3 nitrogen and oxygen atoms in total. The van der Waals surface area contributed by atoms with Crippen LogP contribution in [0.2, 0.25) is 5.15 Å². The highest BCUT2D eigenvalue weighted by Crippen LogP contribution is 2.31. The summed E-state index contributed by atoms with van der Waals surface area (Å²) in [6, 6.07) is 11.1. The maximum atomic E-state index is 13.3. The Labute approximate surface area is 127 Å². The summed E-state index contributed by atoms with van der Waals surface area (Å²) in [5.41, 5.74) is 1.16. The largest absolute Gasteiger partial charge is 0.331 e. The number of pyridine rings is 1. The molecule has 21 heavy (non-hydrogen) atoms. The van der Waals surface area contributed by atoms with Crippen molar-refractivity contribution in [1.82, 2.24) is 9.88 Å². The van der Waals surface area contributed by atoms with E-state index in [0.29, 0.717) is 6.54 Å². The molecular formula is C16H14ClFN2O. The van der Waals surface area contributed by atoms with E-state index in [9.17, 15) is 9.18 Å². The SMILES string of the molecule is O=C(c1cc(F)cnc1Cl)N(Cc1ccccc1)C1CC1. The minimum absolute atomic E-state index is 0.0418. The van der Waals surface area contributed by atoms with Gasteiger partial charge in [-0.3, -0.25) is 4.79 Å². The Bertz CT molecular complexity index is 659. The first-order valence-electron chi connectivity index (χ1n) is 6.81. The van der Waals surface area contributed by atoms with Gasteiger partial charge in [0.2, 0.25) is 0 Å². The number of hydrogen-bond acceptors (Lipinski definition) is 2. The standard InChI is InChI=1S/C16H14ClFN2O/c17-15-14(8-12(18)9-19-15)16(21)20(13-6-7-13)10-11-4-2-1-3-5-11/h1-5,8-9,13H,6-7,10H2. The first kappa shape index (κ1) is 14.0. The minimum atomic E-state index is -0.557. The number of carbonyl (C=O) groups is 1. The molecule has 1 aliphatic rings. The third-order valence-corrected chi connectivity index (χ3v) is 3.78. The van der Waals surface area contributed by atoms with Crippen molar-refractivity contribution in [3.8, 4) is 0 Å². The molecule has 0 unspecified atom stereocenters. The molecule has 1 aliphatic carbocycles. The Morgan fingerprint density at radius 1 is 1.33 bits per heavy atom. The number of nitrogens with zero attached hydrogens (tertiary/aromatic N) is 2. The van der Waals surface area contributed by atoms with Gasteiger partial charge < -0.3 is 4.90 Å². The van der Waals surface area contributed by atoms with Gasteiger partial charge in [-0.1, -0.05) is 41.9 Å². The zero-order valence-electron chi connectivity index (χ0n) is 11.3. The molecule has 108 valence electrons. The first-order valence-corrected chi connectivity index (χ1v) is 7.19. The molecule has 1 heterocycles. The van der Waals surface area contributed by atoms with Crippen LogP contribution in [0.25, 0.3) is 0 Å². The lowest BCUT2D eigenvalue weighted by Crippen LogP contribution is -2.33. The fourth-order valence-corrected chi connectivity index (χ4v) is 2.44. The summed E-state index contributed by atoms with van der Waals surface area (Å²) < 4.78 is 13.3. The quantitative estimate of drug-likeness (QED) is 0.807. The fourth-order valence-electron chi connectivity index (χ4n) is 2.26. The fraction of sp³-hybridized carbons (Fsp3) is 0.250.